The van der Waals surface area contributed by atoms with Crippen LogP contribution < -0.4 is 10.6 Å². The summed E-state index contributed by atoms with van der Waals surface area (Å²) in [5.74, 6) is 2.86. The van der Waals surface area contributed by atoms with Crippen molar-refractivity contribution in [3.8, 4) is 12.3 Å². The van der Waals surface area contributed by atoms with Crippen molar-refractivity contribution in [3.63, 3.8) is 0 Å². The highest BCUT2D eigenvalue weighted by atomic mass is 19.1. The number of fused-ring (bicyclic) bond motifs is 1. The fourth-order valence-corrected chi connectivity index (χ4v) is 3.26. The van der Waals surface area contributed by atoms with Gasteiger partial charge in [0, 0.05) is 35.9 Å². The van der Waals surface area contributed by atoms with Crippen LogP contribution in [0.5, 0.6) is 0 Å². The van der Waals surface area contributed by atoms with Gasteiger partial charge < -0.3 is 15.5 Å². The third-order valence-corrected chi connectivity index (χ3v) is 4.83. The molecule has 0 bridgehead atoms. The van der Waals surface area contributed by atoms with E-state index in [1.165, 1.54) is 23.4 Å². The van der Waals surface area contributed by atoms with Gasteiger partial charge in [0.25, 0.3) is 0 Å². The molecule has 2 N–H and O–H groups in total. The van der Waals surface area contributed by atoms with E-state index >= 15 is 0 Å². The van der Waals surface area contributed by atoms with E-state index in [-0.39, 0.29) is 18.4 Å². The van der Waals surface area contributed by atoms with E-state index in [1.54, 1.807) is 31.3 Å². The smallest absolute Gasteiger partial charge is 0.321 e. The summed E-state index contributed by atoms with van der Waals surface area (Å²) in [6.07, 6.45) is 6.96. The number of amides is 2. The SMILES string of the molecule is C#Cc1cccc(Nc2ncnc3ccc(NC(=O)N(C)Cc4cccc(F)c4)cc23)c1. The maximum atomic E-state index is 13.4. The van der Waals surface area contributed by atoms with Gasteiger partial charge in [0.1, 0.15) is 18.0 Å². The van der Waals surface area contributed by atoms with Gasteiger partial charge in [0.2, 0.25) is 0 Å². The average Bonchev–Trinajstić information content (AvgIpc) is 2.79. The second-order valence-electron chi connectivity index (χ2n) is 7.22. The zero-order valence-electron chi connectivity index (χ0n) is 17.3. The van der Waals surface area contributed by atoms with Crippen LogP contribution in [-0.2, 0) is 6.54 Å². The third-order valence-electron chi connectivity index (χ3n) is 4.83. The Morgan fingerprint density at radius 1 is 1.06 bits per heavy atom. The number of carbonyl (C=O) groups excluding carboxylic acids is 1. The number of urea groups is 1. The number of halogens is 1. The summed E-state index contributed by atoms with van der Waals surface area (Å²) < 4.78 is 13.4. The molecule has 158 valence electrons. The molecule has 0 aliphatic carbocycles. The van der Waals surface area contributed by atoms with Crippen LogP contribution in [0.3, 0.4) is 0 Å². The number of hydrogen-bond donors (Lipinski definition) is 2. The monoisotopic (exact) mass is 425 g/mol. The van der Waals surface area contributed by atoms with Gasteiger partial charge in [0.15, 0.2) is 0 Å². The van der Waals surface area contributed by atoms with E-state index < -0.39 is 0 Å². The number of benzene rings is 3. The van der Waals surface area contributed by atoms with Gasteiger partial charge >= 0.3 is 6.03 Å². The van der Waals surface area contributed by atoms with Crippen LogP contribution in [0, 0.1) is 18.2 Å². The number of nitrogens with one attached hydrogen (secondary N) is 2. The molecule has 3 aromatic carbocycles. The first-order valence-corrected chi connectivity index (χ1v) is 9.87. The lowest BCUT2D eigenvalue weighted by atomic mass is 10.2. The Kier molecular flexibility index (Phi) is 5.95. The first kappa shape index (κ1) is 20.8. The molecule has 7 heteroatoms. The largest absolute Gasteiger partial charge is 0.340 e. The molecule has 1 heterocycles. The number of carbonyl (C=O) groups is 1. The fraction of sp³-hybridized carbons (Fsp3) is 0.0800. The highest BCUT2D eigenvalue weighted by Crippen LogP contribution is 2.26. The quantitative estimate of drug-likeness (QED) is 0.434. The molecule has 0 saturated carbocycles. The fourth-order valence-electron chi connectivity index (χ4n) is 3.26. The Morgan fingerprint density at radius 3 is 2.72 bits per heavy atom. The molecule has 0 unspecified atom stereocenters. The van der Waals surface area contributed by atoms with Gasteiger partial charge in [-0.15, -0.1) is 6.42 Å². The molecule has 0 saturated heterocycles. The highest BCUT2D eigenvalue weighted by molar-refractivity contribution is 5.96. The number of hydrogen-bond acceptors (Lipinski definition) is 4. The summed E-state index contributed by atoms with van der Waals surface area (Å²) in [6, 6.07) is 18.7. The predicted octanol–water partition coefficient (Wildman–Crippen LogP) is 5.16. The summed E-state index contributed by atoms with van der Waals surface area (Å²) in [5.41, 5.74) is 3.56. The molecular formula is C25H20FN5O. The van der Waals surface area contributed by atoms with E-state index in [2.05, 4.69) is 26.5 Å². The van der Waals surface area contributed by atoms with Crippen LogP contribution in [0.4, 0.5) is 26.4 Å². The molecule has 1 aromatic heterocycles. The summed E-state index contributed by atoms with van der Waals surface area (Å²) in [5, 5.41) is 6.86. The molecule has 0 fully saturated rings. The standard InChI is InChI=1S/C25H20FN5O/c1-3-17-6-5-9-20(13-17)29-24-22-14-21(10-11-23(22)27-16-28-24)30-25(32)31(2)15-18-7-4-8-19(26)12-18/h1,4-14,16H,15H2,2H3,(H,30,32)(H,27,28,29). The topological polar surface area (TPSA) is 70.1 Å². The molecule has 4 aromatic rings. The first-order valence-electron chi connectivity index (χ1n) is 9.87. The highest BCUT2D eigenvalue weighted by Gasteiger charge is 2.12. The molecule has 0 aliphatic heterocycles. The zero-order valence-corrected chi connectivity index (χ0v) is 17.3. The van der Waals surface area contributed by atoms with E-state index in [1.807, 2.05) is 30.3 Å². The first-order chi connectivity index (χ1) is 15.5. The summed E-state index contributed by atoms with van der Waals surface area (Å²) in [6.45, 7) is 0.276. The molecule has 0 spiro atoms. The van der Waals surface area contributed by atoms with Crippen molar-refractivity contribution < 1.29 is 9.18 Å². The summed E-state index contributed by atoms with van der Waals surface area (Å²) in [7, 11) is 1.65. The Bertz CT molecular complexity index is 1330. The lowest BCUT2D eigenvalue weighted by molar-refractivity contribution is 0.220. The minimum atomic E-state index is -0.335. The molecular weight excluding hydrogens is 405 g/mol. The van der Waals surface area contributed by atoms with Gasteiger partial charge in [-0.1, -0.05) is 24.1 Å². The second-order valence-corrected chi connectivity index (χ2v) is 7.22. The Morgan fingerprint density at radius 2 is 1.91 bits per heavy atom. The van der Waals surface area contributed by atoms with Crippen molar-refractivity contribution >= 4 is 34.1 Å². The van der Waals surface area contributed by atoms with Crippen molar-refractivity contribution in [1.82, 2.24) is 14.9 Å². The number of anilines is 3. The lowest BCUT2D eigenvalue weighted by Crippen LogP contribution is -2.30. The maximum absolute atomic E-state index is 13.4. The Balaban J connectivity index is 1.54. The number of nitrogens with zero attached hydrogens (tertiary/aromatic N) is 3. The summed E-state index contributed by atoms with van der Waals surface area (Å²) >= 11 is 0. The second kappa shape index (κ2) is 9.14. The maximum Gasteiger partial charge on any atom is 0.321 e. The van der Waals surface area contributed by atoms with Gasteiger partial charge in [-0.3, -0.25) is 0 Å². The van der Waals surface area contributed by atoms with Crippen LogP contribution in [0.25, 0.3) is 10.9 Å². The molecule has 0 aliphatic rings. The van der Waals surface area contributed by atoms with E-state index in [4.69, 9.17) is 6.42 Å². The molecule has 0 radical (unpaired) electrons. The number of aromatic nitrogens is 2. The van der Waals surface area contributed by atoms with Gasteiger partial charge in [-0.2, -0.15) is 0 Å². The van der Waals surface area contributed by atoms with Crippen molar-refractivity contribution in [2.24, 2.45) is 0 Å². The van der Waals surface area contributed by atoms with Gasteiger partial charge in [-0.05, 0) is 54.1 Å². The molecule has 4 rings (SSSR count). The van der Waals surface area contributed by atoms with Gasteiger partial charge in [0.05, 0.1) is 5.52 Å². The predicted molar refractivity (Wildman–Crippen MR) is 124 cm³/mol. The minimum absolute atomic E-state index is 0.276. The van der Waals surface area contributed by atoms with Crippen molar-refractivity contribution in [3.05, 3.63) is 90.0 Å². The van der Waals surface area contributed by atoms with Crippen molar-refractivity contribution in [2.45, 2.75) is 6.54 Å². The molecule has 2 amide bonds. The van der Waals surface area contributed by atoms with Crippen LogP contribution in [0.2, 0.25) is 0 Å². The van der Waals surface area contributed by atoms with Crippen LogP contribution in [0.1, 0.15) is 11.1 Å². The number of terminal acetylenes is 1. The lowest BCUT2D eigenvalue weighted by Gasteiger charge is -2.18. The molecule has 32 heavy (non-hydrogen) atoms. The minimum Gasteiger partial charge on any atom is -0.340 e. The van der Waals surface area contributed by atoms with Crippen molar-refractivity contribution in [2.75, 3.05) is 17.7 Å². The molecule has 0 atom stereocenters. The zero-order chi connectivity index (χ0) is 22.5. The summed E-state index contributed by atoms with van der Waals surface area (Å²) in [4.78, 5) is 22.8. The Labute approximate surface area is 185 Å². The van der Waals surface area contributed by atoms with E-state index in [0.29, 0.717) is 17.1 Å². The Hall–Kier alpha value is -4.44. The number of rotatable bonds is 5. The van der Waals surface area contributed by atoms with Crippen LogP contribution >= 0.6 is 0 Å². The van der Waals surface area contributed by atoms with Crippen LogP contribution in [0.15, 0.2) is 73.1 Å². The van der Waals surface area contributed by atoms with Crippen LogP contribution in [-0.4, -0.2) is 27.9 Å². The normalized spacial score (nSPS) is 10.4. The third kappa shape index (κ3) is 4.82. The van der Waals surface area contributed by atoms with Crippen molar-refractivity contribution in [1.29, 1.82) is 0 Å². The van der Waals surface area contributed by atoms with E-state index in [0.717, 1.165) is 22.2 Å². The average molecular weight is 425 g/mol. The van der Waals surface area contributed by atoms with Gasteiger partial charge in [-0.25, -0.2) is 19.2 Å². The van der Waals surface area contributed by atoms with E-state index in [9.17, 15) is 9.18 Å². The molecule has 6 nitrogen and oxygen atoms in total.